The van der Waals surface area contributed by atoms with E-state index in [1.54, 1.807) is 37.0 Å². The van der Waals surface area contributed by atoms with Gasteiger partial charge in [0.05, 0.1) is 0 Å². The Balaban J connectivity index is 2.41. The maximum absolute atomic E-state index is 13.2. The van der Waals surface area contributed by atoms with Crippen LogP contribution in [0.5, 0.6) is 0 Å². The molecular formula is C12H13FN2O. The third-order valence-electron chi connectivity index (χ3n) is 2.48. The van der Waals surface area contributed by atoms with Gasteiger partial charge in [-0.2, -0.15) is 0 Å². The summed E-state index contributed by atoms with van der Waals surface area (Å²) in [4.78, 5) is 4.04. The quantitative estimate of drug-likeness (QED) is 0.840. The van der Waals surface area contributed by atoms with E-state index in [2.05, 4.69) is 4.98 Å². The molecule has 3 nitrogen and oxygen atoms in total. The summed E-state index contributed by atoms with van der Waals surface area (Å²) in [5.74, 6) is 0.160. The van der Waals surface area contributed by atoms with Gasteiger partial charge in [0.2, 0.25) is 0 Å². The minimum Gasteiger partial charge on any atom is -0.380 e. The molecule has 16 heavy (non-hydrogen) atoms. The lowest BCUT2D eigenvalue weighted by atomic mass is 10.1. The van der Waals surface area contributed by atoms with Crippen LogP contribution in [0, 0.1) is 12.7 Å². The van der Waals surface area contributed by atoms with Crippen LogP contribution in [-0.4, -0.2) is 14.7 Å². The molecule has 0 saturated heterocycles. The van der Waals surface area contributed by atoms with Crippen molar-refractivity contribution in [1.82, 2.24) is 9.55 Å². The zero-order valence-electron chi connectivity index (χ0n) is 9.18. The van der Waals surface area contributed by atoms with Gasteiger partial charge in [0.25, 0.3) is 0 Å². The normalized spacial score (nSPS) is 12.8. The van der Waals surface area contributed by atoms with Gasteiger partial charge in [-0.25, -0.2) is 9.37 Å². The van der Waals surface area contributed by atoms with Crippen LogP contribution in [0.3, 0.4) is 0 Å². The molecule has 1 N–H and O–H groups in total. The average Bonchev–Trinajstić information content (AvgIpc) is 2.62. The number of rotatable bonds is 2. The Hall–Kier alpha value is -1.68. The lowest BCUT2D eigenvalue weighted by molar-refractivity contribution is 0.205. The second-order valence-electron chi connectivity index (χ2n) is 3.86. The molecule has 0 aliphatic carbocycles. The van der Waals surface area contributed by atoms with Crippen molar-refractivity contribution in [2.45, 2.75) is 13.0 Å². The summed E-state index contributed by atoms with van der Waals surface area (Å²) in [6.07, 6.45) is 2.45. The van der Waals surface area contributed by atoms with Crippen LogP contribution in [0.25, 0.3) is 0 Å². The summed E-state index contributed by atoms with van der Waals surface area (Å²) >= 11 is 0. The fourth-order valence-electron chi connectivity index (χ4n) is 1.71. The van der Waals surface area contributed by atoms with E-state index in [9.17, 15) is 9.50 Å². The number of hydrogen-bond donors (Lipinski definition) is 1. The molecule has 84 valence electrons. The molecule has 0 bridgehead atoms. The van der Waals surface area contributed by atoms with E-state index in [0.29, 0.717) is 11.4 Å². The van der Waals surface area contributed by atoms with Gasteiger partial charge in [-0.3, -0.25) is 0 Å². The van der Waals surface area contributed by atoms with E-state index >= 15 is 0 Å². The highest BCUT2D eigenvalue weighted by Gasteiger charge is 2.15. The number of aryl methyl sites for hydroxylation is 2. The van der Waals surface area contributed by atoms with Gasteiger partial charge < -0.3 is 9.67 Å². The minimum absolute atomic E-state index is 0.344. The van der Waals surface area contributed by atoms with E-state index in [1.807, 2.05) is 0 Å². The molecule has 1 atom stereocenters. The molecule has 0 aliphatic heterocycles. The molecule has 0 saturated carbocycles. The van der Waals surface area contributed by atoms with Crippen molar-refractivity contribution in [3.63, 3.8) is 0 Å². The molecule has 1 aromatic carbocycles. The van der Waals surface area contributed by atoms with Crippen LogP contribution in [0.4, 0.5) is 4.39 Å². The van der Waals surface area contributed by atoms with Crippen molar-refractivity contribution in [1.29, 1.82) is 0 Å². The molecule has 0 aliphatic rings. The number of nitrogens with zero attached hydrogens (tertiary/aromatic N) is 2. The Morgan fingerprint density at radius 3 is 2.69 bits per heavy atom. The Morgan fingerprint density at radius 1 is 1.38 bits per heavy atom. The number of hydrogen-bond acceptors (Lipinski definition) is 2. The summed E-state index contributed by atoms with van der Waals surface area (Å²) in [5, 5.41) is 10.1. The second-order valence-corrected chi connectivity index (χ2v) is 3.86. The van der Waals surface area contributed by atoms with E-state index in [0.717, 1.165) is 5.56 Å². The van der Waals surface area contributed by atoms with Gasteiger partial charge in [-0.05, 0) is 30.2 Å². The molecular weight excluding hydrogens is 207 g/mol. The highest BCUT2D eigenvalue weighted by Crippen LogP contribution is 2.21. The van der Waals surface area contributed by atoms with Gasteiger partial charge in [-0.15, -0.1) is 0 Å². The molecule has 0 amide bonds. The molecule has 0 radical (unpaired) electrons. The van der Waals surface area contributed by atoms with Crippen molar-refractivity contribution >= 4 is 0 Å². The number of aliphatic hydroxyl groups is 1. The summed E-state index contributed by atoms with van der Waals surface area (Å²) in [6.45, 7) is 1.79. The first-order chi connectivity index (χ1) is 7.58. The Morgan fingerprint density at radius 2 is 2.12 bits per heavy atom. The summed E-state index contributed by atoms with van der Waals surface area (Å²) in [6, 6.07) is 4.50. The van der Waals surface area contributed by atoms with Crippen LogP contribution in [-0.2, 0) is 7.05 Å². The summed E-state index contributed by atoms with van der Waals surface area (Å²) < 4.78 is 14.9. The molecule has 1 heterocycles. The van der Waals surface area contributed by atoms with E-state index in [4.69, 9.17) is 0 Å². The lowest BCUT2D eigenvalue weighted by Gasteiger charge is -2.11. The first-order valence-corrected chi connectivity index (χ1v) is 5.00. The van der Waals surface area contributed by atoms with Gasteiger partial charge >= 0.3 is 0 Å². The third kappa shape index (κ3) is 1.97. The number of benzene rings is 1. The van der Waals surface area contributed by atoms with Crippen molar-refractivity contribution in [2.24, 2.45) is 7.05 Å². The maximum atomic E-state index is 13.2. The van der Waals surface area contributed by atoms with Crippen molar-refractivity contribution in [3.05, 3.63) is 53.4 Å². The first-order valence-electron chi connectivity index (χ1n) is 5.00. The molecule has 0 fully saturated rings. The number of aliphatic hydroxyl groups excluding tert-OH is 1. The largest absolute Gasteiger partial charge is 0.380 e. The molecule has 1 unspecified atom stereocenters. The van der Waals surface area contributed by atoms with Crippen molar-refractivity contribution < 1.29 is 9.50 Å². The van der Waals surface area contributed by atoms with Gasteiger partial charge in [-0.1, -0.05) is 6.07 Å². The van der Waals surface area contributed by atoms with Gasteiger partial charge in [0.15, 0.2) is 0 Å². The highest BCUT2D eigenvalue weighted by molar-refractivity contribution is 5.28. The van der Waals surface area contributed by atoms with E-state index in [1.165, 1.54) is 12.1 Å². The standard InChI is InChI=1S/C12H13FN2O/c1-8-5-9(7-10(13)6-8)11(16)12-14-3-4-15(12)2/h3-7,11,16H,1-2H3. The Kier molecular flexibility index (Phi) is 2.75. The zero-order chi connectivity index (χ0) is 11.7. The molecule has 1 aromatic heterocycles. The van der Waals surface area contributed by atoms with Crippen molar-refractivity contribution in [3.8, 4) is 0 Å². The highest BCUT2D eigenvalue weighted by atomic mass is 19.1. The Labute approximate surface area is 93.2 Å². The van der Waals surface area contributed by atoms with E-state index < -0.39 is 6.10 Å². The number of aromatic nitrogens is 2. The first kappa shape index (κ1) is 10.8. The smallest absolute Gasteiger partial charge is 0.142 e. The molecule has 2 rings (SSSR count). The lowest BCUT2D eigenvalue weighted by Crippen LogP contribution is -2.07. The summed E-state index contributed by atoms with van der Waals surface area (Å²) in [5.41, 5.74) is 1.30. The maximum Gasteiger partial charge on any atom is 0.142 e. The minimum atomic E-state index is -0.894. The second kappa shape index (κ2) is 4.06. The fraction of sp³-hybridized carbons (Fsp3) is 0.250. The molecule has 4 heteroatoms. The number of halogens is 1. The van der Waals surface area contributed by atoms with Gasteiger partial charge in [0.1, 0.15) is 17.7 Å². The van der Waals surface area contributed by atoms with Crippen LogP contribution < -0.4 is 0 Å². The zero-order valence-corrected chi connectivity index (χ0v) is 9.18. The van der Waals surface area contributed by atoms with Crippen LogP contribution in [0.1, 0.15) is 23.1 Å². The topological polar surface area (TPSA) is 38.1 Å². The summed E-state index contributed by atoms with van der Waals surface area (Å²) in [7, 11) is 1.79. The van der Waals surface area contributed by atoms with Crippen molar-refractivity contribution in [2.75, 3.05) is 0 Å². The average molecular weight is 220 g/mol. The molecule has 0 spiro atoms. The van der Waals surface area contributed by atoms with Crippen LogP contribution >= 0.6 is 0 Å². The van der Waals surface area contributed by atoms with Crippen LogP contribution in [0.15, 0.2) is 30.6 Å². The predicted octanol–water partition coefficient (Wildman–Crippen LogP) is 1.95. The SMILES string of the molecule is Cc1cc(F)cc(C(O)c2nccn2C)c1. The molecule has 2 aromatic rings. The Bertz CT molecular complexity index is 487. The fourth-order valence-corrected chi connectivity index (χ4v) is 1.71. The monoisotopic (exact) mass is 220 g/mol. The van der Waals surface area contributed by atoms with E-state index in [-0.39, 0.29) is 5.82 Å². The predicted molar refractivity (Wildman–Crippen MR) is 58.4 cm³/mol. The van der Waals surface area contributed by atoms with Crippen LogP contribution in [0.2, 0.25) is 0 Å². The third-order valence-corrected chi connectivity index (χ3v) is 2.48. The van der Waals surface area contributed by atoms with Gasteiger partial charge in [0, 0.05) is 19.4 Å². The number of imidazole rings is 1.